The minimum Gasteiger partial charge on any atom is -0.0619 e. The molecule has 0 N–H and O–H groups in total. The molecule has 0 heterocycles. The molecule has 1 radical (unpaired) electrons. The SMILES string of the molecule is Cc1ccc([Si](c2ccc(C)c(C)c2C)c2ccc(C)c(C)c2C)c(C)c1C. The van der Waals surface area contributed by atoms with Crippen LogP contribution in [0, 0.1) is 62.3 Å². The van der Waals surface area contributed by atoms with Crippen LogP contribution >= 0.6 is 0 Å². The summed E-state index contributed by atoms with van der Waals surface area (Å²) in [5.41, 5.74) is 12.8. The van der Waals surface area contributed by atoms with Gasteiger partial charge in [0.1, 0.15) is 0 Å². The van der Waals surface area contributed by atoms with Crippen molar-refractivity contribution < 1.29 is 0 Å². The van der Waals surface area contributed by atoms with Gasteiger partial charge in [-0.1, -0.05) is 36.4 Å². The van der Waals surface area contributed by atoms with Crippen molar-refractivity contribution in [3.8, 4) is 0 Å². The molecule has 3 aromatic carbocycles. The van der Waals surface area contributed by atoms with Gasteiger partial charge in [-0.25, -0.2) is 0 Å². The Labute approximate surface area is 173 Å². The molecule has 0 saturated carbocycles. The second-order valence-electron chi connectivity index (χ2n) is 8.42. The van der Waals surface area contributed by atoms with Gasteiger partial charge in [0.2, 0.25) is 0 Å². The van der Waals surface area contributed by atoms with Crippen molar-refractivity contribution in [1.29, 1.82) is 0 Å². The van der Waals surface area contributed by atoms with E-state index in [2.05, 4.69) is 98.7 Å². The van der Waals surface area contributed by atoms with Gasteiger partial charge in [-0.3, -0.25) is 0 Å². The summed E-state index contributed by atoms with van der Waals surface area (Å²) in [5.74, 6) is 0. The van der Waals surface area contributed by atoms with E-state index < -0.39 is 8.80 Å². The average molecular weight is 386 g/mol. The van der Waals surface area contributed by atoms with Gasteiger partial charge in [-0.05, 0) is 128 Å². The van der Waals surface area contributed by atoms with Crippen LogP contribution in [0.3, 0.4) is 0 Å². The second kappa shape index (κ2) is 7.71. The van der Waals surface area contributed by atoms with Crippen molar-refractivity contribution in [2.75, 3.05) is 0 Å². The minimum absolute atomic E-state index is 1.08. The fraction of sp³-hybridized carbons (Fsp3) is 0.333. The maximum absolute atomic E-state index is 2.40. The summed E-state index contributed by atoms with van der Waals surface area (Å²) in [7, 11) is -1.08. The Kier molecular flexibility index (Phi) is 5.68. The Morgan fingerprint density at radius 2 is 0.607 bits per heavy atom. The number of benzene rings is 3. The highest BCUT2D eigenvalue weighted by Gasteiger charge is 2.26. The quantitative estimate of drug-likeness (QED) is 0.441. The maximum Gasteiger partial charge on any atom is 0.155 e. The lowest BCUT2D eigenvalue weighted by atomic mass is 10.0. The topological polar surface area (TPSA) is 0 Å². The fourth-order valence-corrected chi connectivity index (χ4v) is 7.42. The van der Waals surface area contributed by atoms with Crippen molar-refractivity contribution in [2.45, 2.75) is 62.3 Å². The first-order valence-corrected chi connectivity index (χ1v) is 11.7. The maximum atomic E-state index is 2.40. The molecule has 0 saturated heterocycles. The van der Waals surface area contributed by atoms with E-state index >= 15 is 0 Å². The molecule has 0 aliphatic heterocycles. The standard InChI is InChI=1S/C27H33Si/c1-16-10-13-25(22(7)19(16)4)28(26-14-11-17(2)20(5)23(26)8)27-15-12-18(3)21(6)24(27)9/h10-15H,1-9H3. The third kappa shape index (κ3) is 3.37. The summed E-state index contributed by atoms with van der Waals surface area (Å²) in [6.07, 6.45) is 0. The van der Waals surface area contributed by atoms with Crippen molar-refractivity contribution in [3.05, 3.63) is 86.5 Å². The Balaban J connectivity index is 2.38. The van der Waals surface area contributed by atoms with Crippen molar-refractivity contribution in [3.63, 3.8) is 0 Å². The number of hydrogen-bond donors (Lipinski definition) is 0. The monoisotopic (exact) mass is 385 g/mol. The predicted molar refractivity (Wildman–Crippen MR) is 127 cm³/mol. The van der Waals surface area contributed by atoms with Crippen LogP contribution in [0.5, 0.6) is 0 Å². The van der Waals surface area contributed by atoms with Crippen LogP contribution in [0.15, 0.2) is 36.4 Å². The van der Waals surface area contributed by atoms with Crippen LogP contribution < -0.4 is 15.6 Å². The molecule has 3 rings (SSSR count). The molecule has 0 spiro atoms. The van der Waals surface area contributed by atoms with Crippen LogP contribution in [0.2, 0.25) is 0 Å². The molecule has 0 nitrogen and oxygen atoms in total. The molecule has 0 aromatic heterocycles. The molecular weight excluding hydrogens is 352 g/mol. The molecule has 0 atom stereocenters. The zero-order valence-corrected chi connectivity index (χ0v) is 20.0. The summed E-state index contributed by atoms with van der Waals surface area (Å²) >= 11 is 0. The molecule has 0 amide bonds. The minimum atomic E-state index is -1.08. The molecule has 28 heavy (non-hydrogen) atoms. The van der Waals surface area contributed by atoms with Crippen LogP contribution in [-0.4, -0.2) is 8.80 Å². The van der Waals surface area contributed by atoms with Gasteiger partial charge in [0.25, 0.3) is 0 Å². The summed E-state index contributed by atoms with van der Waals surface area (Å²) in [6.45, 7) is 20.4. The first-order valence-electron chi connectivity index (χ1n) is 10.2. The molecule has 145 valence electrons. The van der Waals surface area contributed by atoms with Gasteiger partial charge in [0, 0.05) is 0 Å². The lowest BCUT2D eigenvalue weighted by molar-refractivity contribution is 1.27. The first kappa shape index (κ1) is 20.6. The summed E-state index contributed by atoms with van der Waals surface area (Å²) in [5, 5.41) is 4.60. The Morgan fingerprint density at radius 3 is 0.857 bits per heavy atom. The van der Waals surface area contributed by atoms with E-state index in [9.17, 15) is 0 Å². The molecule has 0 aliphatic rings. The molecule has 0 bridgehead atoms. The van der Waals surface area contributed by atoms with E-state index in [4.69, 9.17) is 0 Å². The largest absolute Gasteiger partial charge is 0.155 e. The van der Waals surface area contributed by atoms with Crippen LogP contribution in [0.25, 0.3) is 0 Å². The van der Waals surface area contributed by atoms with Gasteiger partial charge in [-0.15, -0.1) is 0 Å². The summed E-state index contributed by atoms with van der Waals surface area (Å²) in [6, 6.07) is 14.1. The van der Waals surface area contributed by atoms with E-state index in [1.807, 2.05) is 0 Å². The van der Waals surface area contributed by atoms with Crippen molar-refractivity contribution in [1.82, 2.24) is 0 Å². The molecule has 0 aliphatic carbocycles. The highest BCUT2D eigenvalue weighted by molar-refractivity contribution is 6.96. The van der Waals surface area contributed by atoms with E-state index in [-0.39, 0.29) is 0 Å². The lowest BCUT2D eigenvalue weighted by Crippen LogP contribution is -2.55. The summed E-state index contributed by atoms with van der Waals surface area (Å²) < 4.78 is 0. The zero-order valence-electron chi connectivity index (χ0n) is 19.0. The fourth-order valence-electron chi connectivity index (χ4n) is 4.12. The Morgan fingerprint density at radius 1 is 0.357 bits per heavy atom. The smallest absolute Gasteiger partial charge is 0.0619 e. The van der Waals surface area contributed by atoms with E-state index in [0.29, 0.717) is 0 Å². The average Bonchev–Trinajstić information content (AvgIpc) is 2.67. The van der Waals surface area contributed by atoms with Crippen LogP contribution in [0.4, 0.5) is 0 Å². The van der Waals surface area contributed by atoms with Gasteiger partial charge in [0.15, 0.2) is 8.80 Å². The molecule has 3 aromatic rings. The highest BCUT2D eigenvalue weighted by atomic mass is 28.3. The Bertz CT molecular complexity index is 920. The van der Waals surface area contributed by atoms with E-state index in [1.54, 1.807) is 0 Å². The van der Waals surface area contributed by atoms with Crippen LogP contribution in [-0.2, 0) is 0 Å². The molecule has 0 fully saturated rings. The lowest BCUT2D eigenvalue weighted by Gasteiger charge is -2.26. The van der Waals surface area contributed by atoms with Crippen molar-refractivity contribution >= 4 is 24.4 Å². The zero-order chi connectivity index (χ0) is 20.7. The number of rotatable bonds is 3. The van der Waals surface area contributed by atoms with Gasteiger partial charge < -0.3 is 0 Å². The molecular formula is C27H33Si. The molecule has 1 heteroatoms. The van der Waals surface area contributed by atoms with E-state index in [0.717, 1.165) is 0 Å². The van der Waals surface area contributed by atoms with Crippen molar-refractivity contribution in [2.24, 2.45) is 0 Å². The molecule has 0 unspecified atom stereocenters. The number of hydrogen-bond acceptors (Lipinski definition) is 0. The summed E-state index contributed by atoms with van der Waals surface area (Å²) in [4.78, 5) is 0. The second-order valence-corrected chi connectivity index (χ2v) is 10.8. The normalized spacial score (nSPS) is 11.4. The van der Waals surface area contributed by atoms with Gasteiger partial charge in [-0.2, -0.15) is 0 Å². The van der Waals surface area contributed by atoms with Gasteiger partial charge >= 0.3 is 0 Å². The van der Waals surface area contributed by atoms with Crippen LogP contribution in [0.1, 0.15) is 50.1 Å². The predicted octanol–water partition coefficient (Wildman–Crippen LogP) is 4.98. The van der Waals surface area contributed by atoms with Gasteiger partial charge in [0.05, 0.1) is 0 Å². The highest BCUT2D eigenvalue weighted by Crippen LogP contribution is 2.17. The Hall–Kier alpha value is -2.12. The van der Waals surface area contributed by atoms with E-state index in [1.165, 1.54) is 65.6 Å². The first-order chi connectivity index (χ1) is 13.1. The number of aryl methyl sites for hydroxylation is 3. The third-order valence-corrected chi connectivity index (χ3v) is 10.2. The third-order valence-electron chi connectivity index (χ3n) is 6.98.